The molecule has 2 heterocycles. The van der Waals surface area contributed by atoms with E-state index in [4.69, 9.17) is 38.2 Å². The Bertz CT molecular complexity index is 767. The number of fused-ring (bicyclic) bond motifs is 2. The molecule has 0 saturated carbocycles. The molecule has 1 aromatic carbocycles. The number of ether oxygens (including phenoxy) is 1. The van der Waals surface area contributed by atoms with Crippen LogP contribution in [0.15, 0.2) is 30.4 Å². The number of hydrogen-bond acceptors (Lipinski definition) is 4. The summed E-state index contributed by atoms with van der Waals surface area (Å²) in [6.45, 7) is 5.41. The number of benzene rings is 1. The van der Waals surface area contributed by atoms with E-state index in [0.717, 1.165) is 18.6 Å². The first kappa shape index (κ1) is 24.5. The molecule has 8 heteroatoms. The lowest BCUT2D eigenvalue weighted by Crippen LogP contribution is -2.50. The Morgan fingerprint density at radius 2 is 1.83 bits per heavy atom. The number of piperidine rings is 1. The lowest BCUT2D eigenvalue weighted by molar-refractivity contribution is -0.134. The molecule has 6 nitrogen and oxygen atoms in total. The molecule has 2 aliphatic rings. The molecule has 1 aromatic rings. The van der Waals surface area contributed by atoms with E-state index in [0.29, 0.717) is 45.8 Å². The highest BCUT2D eigenvalue weighted by molar-refractivity contribution is 6.42. The first-order valence-corrected chi connectivity index (χ1v) is 10.8. The summed E-state index contributed by atoms with van der Waals surface area (Å²) >= 11 is 12.3. The van der Waals surface area contributed by atoms with E-state index in [-0.39, 0.29) is 0 Å². The van der Waals surface area contributed by atoms with Crippen LogP contribution < -0.4 is 4.74 Å². The van der Waals surface area contributed by atoms with Crippen LogP contribution in [0.25, 0.3) is 0 Å². The van der Waals surface area contributed by atoms with Crippen molar-refractivity contribution in [3.8, 4) is 5.75 Å². The molecule has 0 radical (unpaired) electrons. The van der Waals surface area contributed by atoms with Gasteiger partial charge in [0.15, 0.2) is 0 Å². The summed E-state index contributed by atoms with van der Waals surface area (Å²) in [4.78, 5) is 21.7. The summed E-state index contributed by atoms with van der Waals surface area (Å²) in [5, 5.41) is 16.7. The lowest BCUT2D eigenvalue weighted by atomic mass is 9.74. The first-order chi connectivity index (χ1) is 14.1. The standard InChI is InChI=1S/C18H25Cl2NO.C4H4O4/c1-11(2)13-9-12-7-8-16(21(12)3)14(13)10-22-17-6-4-5-15(19)18(17)20;5-3(6)1-2-4(7)8/h4-6,11-14,16H,7-10H2,1-3H3;1-2H,(H,5,6)(H,7,8)/b;2-1+/t12?,13-,14+,16?;/m0./s1. The van der Waals surface area contributed by atoms with Crippen LogP contribution in [-0.2, 0) is 9.59 Å². The van der Waals surface area contributed by atoms with Gasteiger partial charge in [-0.1, -0.05) is 43.1 Å². The molecular weight excluding hydrogens is 429 g/mol. The first-order valence-electron chi connectivity index (χ1n) is 10.0. The highest BCUT2D eigenvalue weighted by Crippen LogP contribution is 2.44. The van der Waals surface area contributed by atoms with E-state index >= 15 is 0 Å². The quantitative estimate of drug-likeness (QED) is 0.594. The number of nitrogens with zero attached hydrogens (tertiary/aromatic N) is 1. The fraction of sp³-hybridized carbons (Fsp3) is 0.545. The molecule has 4 atom stereocenters. The lowest BCUT2D eigenvalue weighted by Gasteiger charge is -2.44. The van der Waals surface area contributed by atoms with Gasteiger partial charge in [-0.2, -0.15) is 0 Å². The summed E-state index contributed by atoms with van der Waals surface area (Å²) in [5.41, 5.74) is 0. The third kappa shape index (κ3) is 6.37. The Hall–Kier alpha value is -1.76. The predicted octanol–water partition coefficient (Wildman–Crippen LogP) is 4.84. The van der Waals surface area contributed by atoms with Crippen molar-refractivity contribution < 1.29 is 24.5 Å². The molecule has 3 rings (SSSR count). The van der Waals surface area contributed by atoms with Crippen LogP contribution in [-0.4, -0.2) is 52.8 Å². The van der Waals surface area contributed by atoms with Gasteiger partial charge in [-0.25, -0.2) is 9.59 Å². The van der Waals surface area contributed by atoms with Crippen molar-refractivity contribution in [2.24, 2.45) is 17.8 Å². The SMILES string of the molecule is CC(C)[C@@H]1CC2CCC([C@@H]1COc1cccc(Cl)c1Cl)N2C.O=C(O)/C=C/C(=O)O. The average molecular weight is 458 g/mol. The second-order valence-corrected chi connectivity index (χ2v) is 8.93. The van der Waals surface area contributed by atoms with E-state index in [2.05, 4.69) is 25.8 Å². The van der Waals surface area contributed by atoms with Crippen molar-refractivity contribution in [3.05, 3.63) is 40.4 Å². The maximum Gasteiger partial charge on any atom is 0.328 e. The van der Waals surface area contributed by atoms with Crippen LogP contribution in [0, 0.1) is 17.8 Å². The van der Waals surface area contributed by atoms with Crippen molar-refractivity contribution in [1.29, 1.82) is 0 Å². The summed E-state index contributed by atoms with van der Waals surface area (Å²) in [6, 6.07) is 7.00. The van der Waals surface area contributed by atoms with Gasteiger partial charge in [0.1, 0.15) is 10.8 Å². The van der Waals surface area contributed by atoms with E-state index < -0.39 is 11.9 Å². The van der Waals surface area contributed by atoms with Crippen LogP contribution in [0.5, 0.6) is 5.75 Å². The van der Waals surface area contributed by atoms with Gasteiger partial charge in [-0.05, 0) is 50.3 Å². The van der Waals surface area contributed by atoms with Crippen molar-refractivity contribution in [2.45, 2.75) is 45.2 Å². The van der Waals surface area contributed by atoms with E-state index in [9.17, 15) is 9.59 Å². The molecule has 2 N–H and O–H groups in total. The third-order valence-electron chi connectivity index (χ3n) is 6.06. The van der Waals surface area contributed by atoms with E-state index in [1.54, 1.807) is 6.07 Å². The van der Waals surface area contributed by atoms with Crippen LogP contribution in [0.3, 0.4) is 0 Å². The number of carboxylic acid groups (broad SMARTS) is 2. The minimum Gasteiger partial charge on any atom is -0.492 e. The molecule has 2 unspecified atom stereocenters. The fourth-order valence-corrected chi connectivity index (χ4v) is 4.89. The number of carboxylic acids is 2. The van der Waals surface area contributed by atoms with Crippen LogP contribution in [0.1, 0.15) is 33.1 Å². The van der Waals surface area contributed by atoms with E-state index in [1.165, 1.54) is 19.3 Å². The van der Waals surface area contributed by atoms with E-state index in [1.807, 2.05) is 12.1 Å². The van der Waals surface area contributed by atoms with Gasteiger partial charge in [0.05, 0.1) is 11.6 Å². The van der Waals surface area contributed by atoms with Crippen LogP contribution in [0.4, 0.5) is 0 Å². The topological polar surface area (TPSA) is 87.1 Å². The van der Waals surface area contributed by atoms with Crippen molar-refractivity contribution >= 4 is 35.1 Å². The molecule has 0 aliphatic carbocycles. The summed E-state index contributed by atoms with van der Waals surface area (Å²) in [5.74, 6) is 0.185. The van der Waals surface area contributed by atoms with Gasteiger partial charge in [0.25, 0.3) is 0 Å². The Morgan fingerprint density at radius 1 is 1.20 bits per heavy atom. The van der Waals surface area contributed by atoms with Crippen LogP contribution in [0.2, 0.25) is 10.0 Å². The highest BCUT2D eigenvalue weighted by Gasteiger charge is 2.46. The monoisotopic (exact) mass is 457 g/mol. The molecule has 0 aromatic heterocycles. The molecule has 0 amide bonds. The Balaban J connectivity index is 0.000000343. The third-order valence-corrected chi connectivity index (χ3v) is 6.86. The summed E-state index contributed by atoms with van der Waals surface area (Å²) in [7, 11) is 2.28. The second kappa shape index (κ2) is 11.0. The number of rotatable bonds is 6. The minimum atomic E-state index is -1.26. The van der Waals surface area contributed by atoms with Gasteiger partial charge < -0.3 is 19.8 Å². The number of aliphatic carboxylic acids is 2. The number of carbonyl (C=O) groups is 2. The van der Waals surface area contributed by atoms with Crippen molar-refractivity contribution in [1.82, 2.24) is 4.90 Å². The molecule has 2 aliphatic heterocycles. The maximum atomic E-state index is 9.55. The van der Waals surface area contributed by atoms with Gasteiger partial charge in [0, 0.05) is 30.2 Å². The zero-order chi connectivity index (χ0) is 22.4. The molecular formula is C22H29Cl2NO5. The molecule has 0 spiro atoms. The zero-order valence-electron chi connectivity index (χ0n) is 17.4. The molecule has 166 valence electrons. The van der Waals surface area contributed by atoms with Gasteiger partial charge in [0.2, 0.25) is 0 Å². The average Bonchev–Trinajstić information content (AvgIpc) is 2.91. The fourth-order valence-electron chi connectivity index (χ4n) is 4.54. The molecule has 2 saturated heterocycles. The minimum absolute atomic E-state index is 0.527. The Morgan fingerprint density at radius 3 is 2.40 bits per heavy atom. The molecule has 30 heavy (non-hydrogen) atoms. The Kier molecular flexibility index (Phi) is 9.01. The molecule has 2 fully saturated rings. The zero-order valence-corrected chi connectivity index (χ0v) is 18.9. The second-order valence-electron chi connectivity index (χ2n) is 8.14. The molecule has 2 bridgehead atoms. The predicted molar refractivity (Wildman–Crippen MR) is 117 cm³/mol. The van der Waals surface area contributed by atoms with Crippen molar-refractivity contribution in [3.63, 3.8) is 0 Å². The smallest absolute Gasteiger partial charge is 0.328 e. The number of hydrogen-bond donors (Lipinski definition) is 2. The maximum absolute atomic E-state index is 9.55. The van der Waals surface area contributed by atoms with Crippen LogP contribution >= 0.6 is 23.2 Å². The van der Waals surface area contributed by atoms with Gasteiger partial charge in [-0.15, -0.1) is 0 Å². The van der Waals surface area contributed by atoms with Crippen molar-refractivity contribution in [2.75, 3.05) is 13.7 Å². The summed E-state index contributed by atoms with van der Waals surface area (Å²) < 4.78 is 6.09. The largest absolute Gasteiger partial charge is 0.492 e. The summed E-state index contributed by atoms with van der Waals surface area (Å²) in [6.07, 6.45) is 5.03. The van der Waals surface area contributed by atoms with Gasteiger partial charge in [-0.3, -0.25) is 0 Å². The normalized spacial score (nSPS) is 25.8. The van der Waals surface area contributed by atoms with Gasteiger partial charge >= 0.3 is 11.9 Å². The Labute approximate surface area is 187 Å². The number of halogens is 2. The highest BCUT2D eigenvalue weighted by atomic mass is 35.5.